The molecule has 0 saturated carbocycles. The predicted octanol–water partition coefficient (Wildman–Crippen LogP) is 2.88. The maximum atomic E-state index is 5.82. The van der Waals surface area contributed by atoms with Crippen LogP contribution in [-0.2, 0) is 12.8 Å². The fourth-order valence-electron chi connectivity index (χ4n) is 2.03. The molecule has 0 amide bonds. The van der Waals surface area contributed by atoms with Crippen LogP contribution >= 0.6 is 0 Å². The molecule has 0 bridgehead atoms. The number of hydrogen-bond acceptors (Lipinski definition) is 5. The molecule has 2 rings (SSSR count). The fraction of sp³-hybridized carbons (Fsp3) is 0.438. The van der Waals surface area contributed by atoms with E-state index in [0.717, 1.165) is 42.9 Å². The third-order valence-electron chi connectivity index (χ3n) is 3.12. The first kappa shape index (κ1) is 15.2. The van der Waals surface area contributed by atoms with E-state index >= 15 is 0 Å². The molecule has 0 spiro atoms. The molecule has 0 unspecified atom stereocenters. The monoisotopic (exact) mass is 286 g/mol. The van der Waals surface area contributed by atoms with Crippen molar-refractivity contribution in [2.24, 2.45) is 0 Å². The number of rotatable bonds is 8. The highest BCUT2D eigenvalue weighted by Gasteiger charge is 2.10. The van der Waals surface area contributed by atoms with E-state index in [9.17, 15) is 0 Å². The van der Waals surface area contributed by atoms with Crippen molar-refractivity contribution in [3.8, 4) is 5.88 Å². The van der Waals surface area contributed by atoms with Crippen LogP contribution < -0.4 is 10.1 Å². The normalized spacial score (nSPS) is 10.4. The molecule has 0 aliphatic carbocycles. The Labute approximate surface area is 125 Å². The lowest BCUT2D eigenvalue weighted by Crippen LogP contribution is -2.10. The van der Waals surface area contributed by atoms with Crippen molar-refractivity contribution >= 4 is 5.82 Å². The van der Waals surface area contributed by atoms with Crippen molar-refractivity contribution in [2.45, 2.75) is 33.1 Å². The van der Waals surface area contributed by atoms with Gasteiger partial charge in [0.1, 0.15) is 12.1 Å². The molecular formula is C16H22N4O. The van der Waals surface area contributed by atoms with Gasteiger partial charge in [-0.2, -0.15) is 0 Å². The number of nitrogens with one attached hydrogen (secondary N) is 1. The highest BCUT2D eigenvalue weighted by atomic mass is 16.5. The van der Waals surface area contributed by atoms with Gasteiger partial charge in [0, 0.05) is 24.9 Å². The lowest BCUT2D eigenvalue weighted by Gasteiger charge is -2.13. The molecule has 0 fully saturated rings. The van der Waals surface area contributed by atoms with E-state index in [1.165, 1.54) is 0 Å². The van der Waals surface area contributed by atoms with E-state index in [0.29, 0.717) is 12.5 Å². The van der Waals surface area contributed by atoms with Crippen molar-refractivity contribution in [1.82, 2.24) is 15.0 Å². The number of anilines is 1. The Morgan fingerprint density at radius 1 is 1.14 bits per heavy atom. The number of ether oxygens (including phenoxy) is 1. The van der Waals surface area contributed by atoms with Crippen LogP contribution in [0, 0.1) is 0 Å². The first-order valence-electron chi connectivity index (χ1n) is 7.45. The molecule has 0 atom stereocenters. The second-order valence-corrected chi connectivity index (χ2v) is 4.71. The van der Waals surface area contributed by atoms with Crippen molar-refractivity contribution in [1.29, 1.82) is 0 Å². The van der Waals surface area contributed by atoms with Gasteiger partial charge in [0.2, 0.25) is 5.88 Å². The lowest BCUT2D eigenvalue weighted by molar-refractivity contribution is 0.304. The Bertz CT molecular complexity index is 545. The smallest absolute Gasteiger partial charge is 0.221 e. The average molecular weight is 286 g/mol. The van der Waals surface area contributed by atoms with Crippen LogP contribution in [0.25, 0.3) is 0 Å². The molecule has 0 saturated heterocycles. The second-order valence-electron chi connectivity index (χ2n) is 4.71. The average Bonchev–Trinajstić information content (AvgIpc) is 2.54. The van der Waals surface area contributed by atoms with Gasteiger partial charge in [0.05, 0.1) is 12.2 Å². The van der Waals surface area contributed by atoms with Crippen molar-refractivity contribution in [3.05, 3.63) is 42.0 Å². The second kappa shape index (κ2) is 8.19. The molecule has 0 aromatic carbocycles. The van der Waals surface area contributed by atoms with Gasteiger partial charge in [-0.15, -0.1) is 0 Å². The quantitative estimate of drug-likeness (QED) is 0.808. The van der Waals surface area contributed by atoms with E-state index in [1.54, 1.807) is 12.5 Å². The van der Waals surface area contributed by atoms with Gasteiger partial charge < -0.3 is 10.1 Å². The summed E-state index contributed by atoms with van der Waals surface area (Å²) in [6.45, 7) is 5.68. The number of pyridine rings is 1. The van der Waals surface area contributed by atoms with Gasteiger partial charge in [0.15, 0.2) is 0 Å². The number of hydrogen-bond donors (Lipinski definition) is 1. The summed E-state index contributed by atoms with van der Waals surface area (Å²) in [7, 11) is 0. The van der Waals surface area contributed by atoms with E-state index in [4.69, 9.17) is 4.74 Å². The highest BCUT2D eigenvalue weighted by Crippen LogP contribution is 2.22. The van der Waals surface area contributed by atoms with Gasteiger partial charge in [-0.25, -0.2) is 9.97 Å². The SMILES string of the molecule is CCCNc1ncnc(OCCc2ccccn2)c1CC. The molecule has 2 heterocycles. The van der Waals surface area contributed by atoms with Gasteiger partial charge in [-0.05, 0) is 25.0 Å². The van der Waals surface area contributed by atoms with E-state index < -0.39 is 0 Å². The standard InChI is InChI=1S/C16H22N4O/c1-3-9-18-15-14(4-2)16(20-12-19-15)21-11-8-13-7-5-6-10-17-13/h5-7,10,12H,3-4,8-9,11H2,1-2H3,(H,18,19,20). The molecule has 0 radical (unpaired) electrons. The van der Waals surface area contributed by atoms with Gasteiger partial charge >= 0.3 is 0 Å². The van der Waals surface area contributed by atoms with Gasteiger partial charge in [0.25, 0.3) is 0 Å². The molecule has 0 aliphatic rings. The number of aromatic nitrogens is 3. The summed E-state index contributed by atoms with van der Waals surface area (Å²) in [4.78, 5) is 12.8. The van der Waals surface area contributed by atoms with Gasteiger partial charge in [-0.1, -0.05) is 19.9 Å². The van der Waals surface area contributed by atoms with Crippen LogP contribution in [0.4, 0.5) is 5.82 Å². The summed E-state index contributed by atoms with van der Waals surface area (Å²) in [5.41, 5.74) is 2.06. The van der Waals surface area contributed by atoms with E-state index in [-0.39, 0.29) is 0 Å². The summed E-state index contributed by atoms with van der Waals surface area (Å²) < 4.78 is 5.82. The van der Waals surface area contributed by atoms with Crippen LogP contribution in [-0.4, -0.2) is 28.1 Å². The molecule has 0 aliphatic heterocycles. The molecule has 2 aromatic rings. The molecule has 112 valence electrons. The van der Waals surface area contributed by atoms with Crippen LogP contribution in [0.2, 0.25) is 0 Å². The Morgan fingerprint density at radius 2 is 2.05 bits per heavy atom. The zero-order chi connectivity index (χ0) is 14.9. The molecule has 2 aromatic heterocycles. The molecule has 5 heteroatoms. The predicted molar refractivity (Wildman–Crippen MR) is 83.6 cm³/mol. The van der Waals surface area contributed by atoms with Crippen LogP contribution in [0.3, 0.4) is 0 Å². The Morgan fingerprint density at radius 3 is 2.76 bits per heavy atom. The molecule has 21 heavy (non-hydrogen) atoms. The molecular weight excluding hydrogens is 264 g/mol. The highest BCUT2D eigenvalue weighted by molar-refractivity contribution is 5.48. The first-order chi connectivity index (χ1) is 10.3. The third-order valence-corrected chi connectivity index (χ3v) is 3.12. The van der Waals surface area contributed by atoms with Crippen molar-refractivity contribution in [3.63, 3.8) is 0 Å². The largest absolute Gasteiger partial charge is 0.477 e. The van der Waals surface area contributed by atoms with Gasteiger partial charge in [-0.3, -0.25) is 4.98 Å². The lowest BCUT2D eigenvalue weighted by atomic mass is 10.2. The third kappa shape index (κ3) is 4.41. The van der Waals surface area contributed by atoms with Crippen LogP contribution in [0.5, 0.6) is 5.88 Å². The first-order valence-corrected chi connectivity index (χ1v) is 7.45. The topological polar surface area (TPSA) is 59.9 Å². The summed E-state index contributed by atoms with van der Waals surface area (Å²) in [6.07, 6.45) is 6.01. The maximum absolute atomic E-state index is 5.82. The van der Waals surface area contributed by atoms with Crippen LogP contribution in [0.15, 0.2) is 30.7 Å². The Hall–Kier alpha value is -2.17. The molecule has 5 nitrogen and oxygen atoms in total. The fourth-order valence-corrected chi connectivity index (χ4v) is 2.03. The zero-order valence-corrected chi connectivity index (χ0v) is 12.7. The Kier molecular flexibility index (Phi) is 5.94. The van der Waals surface area contributed by atoms with E-state index in [1.807, 2.05) is 18.2 Å². The minimum absolute atomic E-state index is 0.564. The van der Waals surface area contributed by atoms with Crippen molar-refractivity contribution < 1.29 is 4.74 Å². The summed E-state index contributed by atoms with van der Waals surface area (Å²) in [5.74, 6) is 1.55. The molecule has 1 N–H and O–H groups in total. The summed E-state index contributed by atoms with van der Waals surface area (Å²) in [6, 6.07) is 5.89. The van der Waals surface area contributed by atoms with E-state index in [2.05, 4.69) is 34.1 Å². The summed E-state index contributed by atoms with van der Waals surface area (Å²) >= 11 is 0. The minimum Gasteiger partial charge on any atom is -0.477 e. The minimum atomic E-state index is 0.564. The number of nitrogens with zero attached hydrogens (tertiary/aromatic N) is 3. The Balaban J connectivity index is 1.98. The van der Waals surface area contributed by atoms with Crippen molar-refractivity contribution in [2.75, 3.05) is 18.5 Å². The summed E-state index contributed by atoms with van der Waals surface area (Å²) in [5, 5.41) is 3.32. The van der Waals surface area contributed by atoms with Crippen LogP contribution in [0.1, 0.15) is 31.5 Å². The zero-order valence-electron chi connectivity index (χ0n) is 12.7. The maximum Gasteiger partial charge on any atom is 0.221 e.